The van der Waals surface area contributed by atoms with Gasteiger partial charge in [0.05, 0.1) is 0 Å². The monoisotopic (exact) mass is 254 g/mol. The highest BCUT2D eigenvalue weighted by atomic mass is 16.5. The summed E-state index contributed by atoms with van der Waals surface area (Å²) in [5.41, 5.74) is 6.31. The molecule has 0 bridgehead atoms. The van der Waals surface area contributed by atoms with Gasteiger partial charge < -0.3 is 10.3 Å². The number of rotatable bonds is 3. The molecule has 0 radical (unpaired) electrons. The molecule has 0 aliphatic heterocycles. The quantitative estimate of drug-likeness (QED) is 0.776. The molecule has 5 nitrogen and oxygen atoms in total. The Morgan fingerprint density at radius 3 is 2.95 bits per heavy atom. The third kappa shape index (κ3) is 2.08. The van der Waals surface area contributed by atoms with Crippen LogP contribution >= 0.6 is 0 Å². The fourth-order valence-electron chi connectivity index (χ4n) is 1.93. The summed E-state index contributed by atoms with van der Waals surface area (Å²) in [5, 5.41) is 6.06. The number of pyridine rings is 1. The number of hydrogen-bond acceptors (Lipinski definition) is 5. The Bertz CT molecular complexity index is 702. The molecule has 19 heavy (non-hydrogen) atoms. The Balaban J connectivity index is 2.12. The molecular formula is C14H14N4O. The largest absolute Gasteiger partial charge is 0.332 e. The van der Waals surface area contributed by atoms with E-state index in [1.807, 2.05) is 37.3 Å². The molecule has 1 unspecified atom stereocenters. The molecule has 2 heterocycles. The smallest absolute Gasteiger partial charge is 0.277 e. The molecule has 0 spiro atoms. The van der Waals surface area contributed by atoms with Crippen molar-refractivity contribution in [3.8, 4) is 11.6 Å². The van der Waals surface area contributed by atoms with Crippen LogP contribution in [0.3, 0.4) is 0 Å². The number of benzene rings is 1. The van der Waals surface area contributed by atoms with Crippen molar-refractivity contribution in [2.24, 2.45) is 5.73 Å². The topological polar surface area (TPSA) is 77.8 Å². The first-order valence-corrected chi connectivity index (χ1v) is 6.17. The molecule has 3 rings (SSSR count). The summed E-state index contributed by atoms with van der Waals surface area (Å²) in [4.78, 5) is 8.73. The Labute approximate surface area is 110 Å². The first kappa shape index (κ1) is 11.8. The van der Waals surface area contributed by atoms with Crippen molar-refractivity contribution in [2.45, 2.75) is 12.8 Å². The van der Waals surface area contributed by atoms with E-state index in [0.29, 0.717) is 24.0 Å². The van der Waals surface area contributed by atoms with Gasteiger partial charge in [-0.2, -0.15) is 4.98 Å². The SMILES string of the molecule is CC(CN)c1noc(-c2nccc3ccccc23)n1. The summed E-state index contributed by atoms with van der Waals surface area (Å²) in [6.45, 7) is 2.45. The van der Waals surface area contributed by atoms with Crippen LogP contribution in [0, 0.1) is 0 Å². The number of nitrogens with two attached hydrogens (primary N) is 1. The van der Waals surface area contributed by atoms with Crippen molar-refractivity contribution in [3.05, 3.63) is 42.4 Å². The van der Waals surface area contributed by atoms with Gasteiger partial charge in [-0.3, -0.25) is 4.98 Å². The molecule has 0 aliphatic rings. The summed E-state index contributed by atoms with van der Waals surface area (Å²) in [7, 11) is 0. The molecule has 0 saturated carbocycles. The fourth-order valence-corrected chi connectivity index (χ4v) is 1.93. The molecule has 96 valence electrons. The van der Waals surface area contributed by atoms with Gasteiger partial charge in [-0.1, -0.05) is 36.3 Å². The molecule has 2 N–H and O–H groups in total. The maximum atomic E-state index is 5.61. The summed E-state index contributed by atoms with van der Waals surface area (Å²) in [6.07, 6.45) is 1.74. The van der Waals surface area contributed by atoms with Gasteiger partial charge in [0.15, 0.2) is 5.82 Å². The van der Waals surface area contributed by atoms with Crippen LogP contribution < -0.4 is 5.73 Å². The van der Waals surface area contributed by atoms with Crippen LogP contribution in [0.4, 0.5) is 0 Å². The molecule has 0 fully saturated rings. The minimum Gasteiger partial charge on any atom is -0.332 e. The minimum atomic E-state index is 0.0764. The van der Waals surface area contributed by atoms with E-state index in [2.05, 4.69) is 15.1 Å². The lowest BCUT2D eigenvalue weighted by atomic mass is 10.1. The summed E-state index contributed by atoms with van der Waals surface area (Å²) in [5.74, 6) is 1.13. The van der Waals surface area contributed by atoms with Crippen molar-refractivity contribution in [1.82, 2.24) is 15.1 Å². The highest BCUT2D eigenvalue weighted by molar-refractivity contribution is 5.92. The van der Waals surface area contributed by atoms with Crippen molar-refractivity contribution in [2.75, 3.05) is 6.54 Å². The maximum absolute atomic E-state index is 5.61. The molecule has 0 aliphatic carbocycles. The number of hydrogen-bond donors (Lipinski definition) is 1. The standard InChI is InChI=1S/C14H14N4O/c1-9(8-15)13-17-14(19-18-13)12-11-5-3-2-4-10(11)6-7-16-12/h2-7,9H,8,15H2,1H3. The average Bonchev–Trinajstić information content (AvgIpc) is 2.95. The normalized spacial score (nSPS) is 12.7. The van der Waals surface area contributed by atoms with Crippen LogP contribution in [-0.2, 0) is 0 Å². The second-order valence-electron chi connectivity index (χ2n) is 4.48. The second-order valence-corrected chi connectivity index (χ2v) is 4.48. The molecule has 2 aromatic heterocycles. The third-order valence-corrected chi connectivity index (χ3v) is 3.11. The zero-order valence-corrected chi connectivity index (χ0v) is 10.6. The Morgan fingerprint density at radius 2 is 2.11 bits per heavy atom. The Kier molecular flexibility index (Phi) is 2.97. The van der Waals surface area contributed by atoms with Crippen molar-refractivity contribution in [1.29, 1.82) is 0 Å². The van der Waals surface area contributed by atoms with Crippen LogP contribution in [0.5, 0.6) is 0 Å². The van der Waals surface area contributed by atoms with Gasteiger partial charge in [-0.05, 0) is 11.5 Å². The van der Waals surface area contributed by atoms with Crippen molar-refractivity contribution >= 4 is 10.8 Å². The van der Waals surface area contributed by atoms with E-state index in [0.717, 1.165) is 10.8 Å². The Morgan fingerprint density at radius 1 is 1.26 bits per heavy atom. The zero-order valence-electron chi connectivity index (χ0n) is 10.6. The van der Waals surface area contributed by atoms with E-state index in [1.165, 1.54) is 0 Å². The van der Waals surface area contributed by atoms with Crippen molar-refractivity contribution in [3.63, 3.8) is 0 Å². The summed E-state index contributed by atoms with van der Waals surface area (Å²) in [6, 6.07) is 9.93. The van der Waals surface area contributed by atoms with Gasteiger partial charge in [0.1, 0.15) is 5.69 Å². The van der Waals surface area contributed by atoms with Crippen LogP contribution in [0.15, 0.2) is 41.1 Å². The molecule has 0 amide bonds. The Hall–Kier alpha value is -2.27. The second kappa shape index (κ2) is 4.78. The van der Waals surface area contributed by atoms with E-state index >= 15 is 0 Å². The number of fused-ring (bicyclic) bond motifs is 1. The van der Waals surface area contributed by atoms with Crippen LogP contribution in [-0.4, -0.2) is 21.7 Å². The van der Waals surface area contributed by atoms with Gasteiger partial charge in [0, 0.05) is 24.0 Å². The van der Waals surface area contributed by atoms with Gasteiger partial charge in [0.25, 0.3) is 5.89 Å². The molecular weight excluding hydrogens is 240 g/mol. The van der Waals surface area contributed by atoms with Crippen molar-refractivity contribution < 1.29 is 4.52 Å². The van der Waals surface area contributed by atoms with E-state index in [-0.39, 0.29) is 5.92 Å². The van der Waals surface area contributed by atoms with E-state index in [1.54, 1.807) is 6.20 Å². The van der Waals surface area contributed by atoms with Crippen LogP contribution in [0.25, 0.3) is 22.4 Å². The molecule has 3 aromatic rings. The average molecular weight is 254 g/mol. The van der Waals surface area contributed by atoms with Crippen LogP contribution in [0.1, 0.15) is 18.7 Å². The van der Waals surface area contributed by atoms with E-state index in [9.17, 15) is 0 Å². The highest BCUT2D eigenvalue weighted by Gasteiger charge is 2.16. The van der Waals surface area contributed by atoms with Gasteiger partial charge >= 0.3 is 0 Å². The fraction of sp³-hybridized carbons (Fsp3) is 0.214. The lowest BCUT2D eigenvalue weighted by Gasteiger charge is -2.01. The van der Waals surface area contributed by atoms with E-state index < -0.39 is 0 Å². The van der Waals surface area contributed by atoms with Gasteiger partial charge in [-0.25, -0.2) is 0 Å². The predicted molar refractivity (Wildman–Crippen MR) is 72.5 cm³/mol. The molecule has 1 atom stereocenters. The van der Waals surface area contributed by atoms with Crippen LogP contribution in [0.2, 0.25) is 0 Å². The lowest BCUT2D eigenvalue weighted by Crippen LogP contribution is -2.10. The molecule has 0 saturated heterocycles. The zero-order chi connectivity index (χ0) is 13.2. The first-order valence-electron chi connectivity index (χ1n) is 6.17. The number of aromatic nitrogens is 3. The summed E-state index contributed by atoms with van der Waals surface area (Å²) >= 11 is 0. The maximum Gasteiger partial charge on any atom is 0.277 e. The molecule has 5 heteroatoms. The third-order valence-electron chi connectivity index (χ3n) is 3.11. The van der Waals surface area contributed by atoms with E-state index in [4.69, 9.17) is 10.3 Å². The minimum absolute atomic E-state index is 0.0764. The predicted octanol–water partition coefficient (Wildman–Crippen LogP) is 2.35. The van der Waals surface area contributed by atoms with Gasteiger partial charge in [-0.15, -0.1) is 0 Å². The lowest BCUT2D eigenvalue weighted by molar-refractivity contribution is 0.417. The first-order chi connectivity index (χ1) is 9.29. The number of nitrogens with zero attached hydrogens (tertiary/aromatic N) is 3. The highest BCUT2D eigenvalue weighted by Crippen LogP contribution is 2.25. The summed E-state index contributed by atoms with van der Waals surface area (Å²) < 4.78 is 5.30. The van der Waals surface area contributed by atoms with Gasteiger partial charge in [0.2, 0.25) is 0 Å². The molecule has 1 aromatic carbocycles.